The smallest absolute Gasteiger partial charge is 0.261 e. The van der Waals surface area contributed by atoms with Gasteiger partial charge in [-0.05, 0) is 29.8 Å². The molecule has 2 aliphatic heterocycles. The Morgan fingerprint density at radius 1 is 0.938 bits per heavy atom. The van der Waals surface area contributed by atoms with Crippen molar-refractivity contribution in [3.8, 4) is 11.5 Å². The minimum Gasteiger partial charge on any atom is -0.486 e. The van der Waals surface area contributed by atoms with Crippen molar-refractivity contribution in [2.75, 3.05) is 18.1 Å². The Kier molecular flexibility index (Phi) is 5.50. The van der Waals surface area contributed by atoms with Crippen LogP contribution in [0.2, 0.25) is 0 Å². The maximum atomic E-state index is 13.7. The molecule has 0 N–H and O–H groups in total. The highest BCUT2D eigenvalue weighted by Gasteiger charge is 2.45. The Labute approximate surface area is 187 Å². The van der Waals surface area contributed by atoms with Crippen molar-refractivity contribution < 1.29 is 19.1 Å². The lowest BCUT2D eigenvalue weighted by atomic mass is 10.1. The van der Waals surface area contributed by atoms with Gasteiger partial charge in [0, 0.05) is 6.42 Å². The number of amides is 2. The van der Waals surface area contributed by atoms with Gasteiger partial charge in [0.05, 0.1) is 18.8 Å². The molecule has 2 atom stereocenters. The van der Waals surface area contributed by atoms with Crippen LogP contribution in [0.15, 0.2) is 84.9 Å². The van der Waals surface area contributed by atoms with Gasteiger partial charge in [0.15, 0.2) is 6.61 Å². The van der Waals surface area contributed by atoms with Gasteiger partial charge in [-0.3, -0.25) is 9.59 Å². The third-order valence-electron chi connectivity index (χ3n) is 5.87. The number of hydrogen-bond acceptors (Lipinski definition) is 4. The summed E-state index contributed by atoms with van der Waals surface area (Å²) in [4.78, 5) is 30.1. The predicted molar refractivity (Wildman–Crippen MR) is 121 cm³/mol. The monoisotopic (exact) mass is 428 g/mol. The summed E-state index contributed by atoms with van der Waals surface area (Å²) >= 11 is 0. The highest BCUT2D eigenvalue weighted by molar-refractivity contribution is 6.01. The average molecular weight is 428 g/mol. The first-order valence-corrected chi connectivity index (χ1v) is 10.8. The van der Waals surface area contributed by atoms with E-state index in [-0.39, 0.29) is 24.5 Å². The van der Waals surface area contributed by atoms with E-state index in [1.54, 1.807) is 21.9 Å². The highest BCUT2D eigenvalue weighted by Crippen LogP contribution is 2.37. The number of carbonyl (C=O) groups excluding carboxylic acids is 2. The molecule has 32 heavy (non-hydrogen) atoms. The lowest BCUT2D eigenvalue weighted by Gasteiger charge is -2.31. The molecule has 3 aromatic carbocycles. The molecule has 1 saturated heterocycles. The Bertz CT molecular complexity index is 1100. The van der Waals surface area contributed by atoms with Crippen molar-refractivity contribution in [3.05, 3.63) is 90.5 Å². The van der Waals surface area contributed by atoms with Gasteiger partial charge in [-0.15, -0.1) is 0 Å². The van der Waals surface area contributed by atoms with Crippen LogP contribution in [0.25, 0.3) is 0 Å². The first kappa shape index (κ1) is 20.1. The van der Waals surface area contributed by atoms with E-state index in [9.17, 15) is 9.59 Å². The second-order valence-corrected chi connectivity index (χ2v) is 8.02. The number of rotatable bonds is 5. The minimum absolute atomic E-state index is 0.0971. The minimum atomic E-state index is -0.580. The number of para-hydroxylation sites is 3. The molecule has 2 bridgehead atoms. The van der Waals surface area contributed by atoms with E-state index < -0.39 is 6.04 Å². The zero-order valence-corrected chi connectivity index (χ0v) is 17.6. The molecular formula is C26H24N2O4. The van der Waals surface area contributed by atoms with E-state index in [4.69, 9.17) is 9.47 Å². The van der Waals surface area contributed by atoms with Gasteiger partial charge < -0.3 is 19.3 Å². The van der Waals surface area contributed by atoms with Crippen LogP contribution in [0.4, 0.5) is 5.69 Å². The van der Waals surface area contributed by atoms with E-state index in [0.29, 0.717) is 31.0 Å². The van der Waals surface area contributed by atoms with Crippen LogP contribution < -0.4 is 14.4 Å². The number of carbonyl (C=O) groups is 2. The molecule has 0 unspecified atom stereocenters. The van der Waals surface area contributed by atoms with Crippen LogP contribution in [-0.2, 0) is 16.1 Å². The van der Waals surface area contributed by atoms with Crippen molar-refractivity contribution in [2.45, 2.75) is 25.1 Å². The van der Waals surface area contributed by atoms with E-state index >= 15 is 0 Å². The zero-order valence-electron chi connectivity index (χ0n) is 17.6. The highest BCUT2D eigenvalue weighted by atomic mass is 16.5. The van der Waals surface area contributed by atoms with Crippen molar-refractivity contribution in [1.29, 1.82) is 0 Å². The molecule has 0 radical (unpaired) electrons. The van der Waals surface area contributed by atoms with E-state index in [1.807, 2.05) is 72.8 Å². The molecule has 6 heteroatoms. The summed E-state index contributed by atoms with van der Waals surface area (Å²) < 4.78 is 11.9. The topological polar surface area (TPSA) is 59.1 Å². The number of benzene rings is 3. The summed E-state index contributed by atoms with van der Waals surface area (Å²) in [5, 5.41) is 0. The molecule has 162 valence electrons. The van der Waals surface area contributed by atoms with Crippen LogP contribution in [0, 0.1) is 0 Å². The molecule has 0 aromatic heterocycles. The van der Waals surface area contributed by atoms with Gasteiger partial charge in [0.2, 0.25) is 5.91 Å². The van der Waals surface area contributed by atoms with Gasteiger partial charge in [0.1, 0.15) is 23.6 Å². The SMILES string of the molecule is O=C1[C@@H]2C[C@@H](CN2C(=O)COc2ccccc2)Oc2ccccc2N1Cc1ccccc1. The third-order valence-corrected chi connectivity index (χ3v) is 5.87. The summed E-state index contributed by atoms with van der Waals surface area (Å²) in [5.41, 5.74) is 1.74. The first-order chi connectivity index (χ1) is 15.7. The number of fused-ring (bicyclic) bond motifs is 3. The second-order valence-electron chi connectivity index (χ2n) is 8.02. The largest absolute Gasteiger partial charge is 0.486 e. The maximum Gasteiger partial charge on any atom is 0.261 e. The van der Waals surface area contributed by atoms with Crippen LogP contribution in [0.3, 0.4) is 0 Å². The van der Waals surface area contributed by atoms with Gasteiger partial charge in [-0.2, -0.15) is 0 Å². The van der Waals surface area contributed by atoms with Crippen molar-refractivity contribution in [3.63, 3.8) is 0 Å². The van der Waals surface area contributed by atoms with Gasteiger partial charge in [-0.25, -0.2) is 0 Å². The van der Waals surface area contributed by atoms with E-state index in [1.165, 1.54) is 0 Å². The van der Waals surface area contributed by atoms with Gasteiger partial charge in [-0.1, -0.05) is 60.7 Å². The maximum absolute atomic E-state index is 13.7. The summed E-state index contributed by atoms with van der Waals surface area (Å²) in [6.45, 7) is 0.650. The number of anilines is 1. The average Bonchev–Trinajstić information content (AvgIpc) is 3.27. The van der Waals surface area contributed by atoms with Crippen molar-refractivity contribution >= 4 is 17.5 Å². The van der Waals surface area contributed by atoms with Crippen LogP contribution in [0.1, 0.15) is 12.0 Å². The molecule has 2 amide bonds. The Balaban J connectivity index is 1.41. The molecule has 0 saturated carbocycles. The number of nitrogens with zero attached hydrogens (tertiary/aromatic N) is 2. The molecule has 0 spiro atoms. The molecule has 3 aromatic rings. The first-order valence-electron chi connectivity index (χ1n) is 10.8. The van der Waals surface area contributed by atoms with Crippen LogP contribution >= 0.6 is 0 Å². The molecule has 2 heterocycles. The van der Waals surface area contributed by atoms with E-state index in [2.05, 4.69) is 0 Å². The van der Waals surface area contributed by atoms with Gasteiger partial charge in [0.25, 0.3) is 5.91 Å². The Morgan fingerprint density at radius 2 is 1.62 bits per heavy atom. The number of ether oxygens (including phenoxy) is 2. The second kappa shape index (κ2) is 8.75. The summed E-state index contributed by atoms with van der Waals surface area (Å²) in [6.07, 6.45) is 0.236. The van der Waals surface area contributed by atoms with Crippen molar-refractivity contribution in [1.82, 2.24) is 4.90 Å². The fraction of sp³-hybridized carbons (Fsp3) is 0.231. The van der Waals surface area contributed by atoms with Crippen LogP contribution in [-0.4, -0.2) is 42.0 Å². The standard InChI is InChI=1S/C26H24N2O4/c29-25(18-31-20-11-5-2-6-12-20)27-17-21-15-23(27)26(30)28(16-19-9-3-1-4-10-19)22-13-7-8-14-24(22)32-21/h1-14,21,23H,15-18H2/t21-,23-/m0/s1. The van der Waals surface area contributed by atoms with Crippen molar-refractivity contribution in [2.24, 2.45) is 0 Å². The lowest BCUT2D eigenvalue weighted by molar-refractivity contribution is -0.139. The Morgan fingerprint density at radius 3 is 2.41 bits per heavy atom. The lowest BCUT2D eigenvalue weighted by Crippen LogP contribution is -2.49. The predicted octanol–water partition coefficient (Wildman–Crippen LogP) is 3.66. The normalized spacial score (nSPS) is 19.6. The molecule has 5 rings (SSSR count). The quantitative estimate of drug-likeness (QED) is 0.622. The number of likely N-dealkylation sites (tertiary alicyclic amines) is 1. The summed E-state index contributed by atoms with van der Waals surface area (Å²) in [6, 6.07) is 26.0. The molecule has 1 fully saturated rings. The fourth-order valence-corrected chi connectivity index (χ4v) is 4.32. The third kappa shape index (κ3) is 4.04. The zero-order chi connectivity index (χ0) is 21.9. The summed E-state index contributed by atoms with van der Waals surface area (Å²) in [7, 11) is 0. The molecule has 0 aliphatic carbocycles. The van der Waals surface area contributed by atoms with Crippen LogP contribution in [0.5, 0.6) is 11.5 Å². The molecule has 2 aliphatic rings. The fourth-order valence-electron chi connectivity index (χ4n) is 4.32. The molecular weight excluding hydrogens is 404 g/mol. The number of hydrogen-bond donors (Lipinski definition) is 0. The summed E-state index contributed by atoms with van der Waals surface area (Å²) in [5.74, 6) is 0.970. The molecule has 6 nitrogen and oxygen atoms in total. The van der Waals surface area contributed by atoms with E-state index in [0.717, 1.165) is 11.3 Å². The Hall–Kier alpha value is -3.80. The van der Waals surface area contributed by atoms with Gasteiger partial charge >= 0.3 is 0 Å².